The van der Waals surface area contributed by atoms with E-state index in [1.807, 2.05) is 20.8 Å². The van der Waals surface area contributed by atoms with Crippen LogP contribution in [0, 0.1) is 12.8 Å². The molecule has 1 aromatic carbocycles. The van der Waals surface area contributed by atoms with Crippen molar-refractivity contribution in [1.29, 1.82) is 0 Å². The van der Waals surface area contributed by atoms with Crippen molar-refractivity contribution in [1.82, 2.24) is 19.9 Å². The summed E-state index contributed by atoms with van der Waals surface area (Å²) < 4.78 is 1.53. The van der Waals surface area contributed by atoms with Crippen LogP contribution in [0.1, 0.15) is 29.9 Å². The number of rotatable bonds is 7. The van der Waals surface area contributed by atoms with Crippen LogP contribution in [0.4, 0.5) is 5.95 Å². The molecule has 0 aliphatic rings. The molecule has 3 rings (SSSR count). The maximum absolute atomic E-state index is 12.7. The van der Waals surface area contributed by atoms with Gasteiger partial charge in [0.15, 0.2) is 5.65 Å². The number of hydrogen-bond donors (Lipinski definition) is 2. The summed E-state index contributed by atoms with van der Waals surface area (Å²) in [6.45, 7) is 10.8. The van der Waals surface area contributed by atoms with Crippen LogP contribution in [-0.4, -0.2) is 33.5 Å². The van der Waals surface area contributed by atoms with Gasteiger partial charge in [-0.15, -0.1) is 6.58 Å². The number of fused-ring (bicyclic) bond motifs is 1. The fourth-order valence-corrected chi connectivity index (χ4v) is 2.92. The molecular formula is C22H25N5O2. The Morgan fingerprint density at radius 3 is 2.55 bits per heavy atom. The Hall–Kier alpha value is -3.48. The smallest absolute Gasteiger partial charge is 0.256 e. The van der Waals surface area contributed by atoms with Gasteiger partial charge in [-0.2, -0.15) is 4.98 Å². The van der Waals surface area contributed by atoms with E-state index < -0.39 is 0 Å². The van der Waals surface area contributed by atoms with Crippen LogP contribution < -0.4 is 16.2 Å². The molecule has 0 atom stereocenters. The van der Waals surface area contributed by atoms with Gasteiger partial charge < -0.3 is 10.6 Å². The summed E-state index contributed by atoms with van der Waals surface area (Å²) in [5, 5.41) is 6.74. The first-order valence-corrected chi connectivity index (χ1v) is 9.54. The maximum atomic E-state index is 12.7. The van der Waals surface area contributed by atoms with Crippen molar-refractivity contribution in [2.24, 2.45) is 5.92 Å². The first-order chi connectivity index (χ1) is 13.9. The van der Waals surface area contributed by atoms with Crippen molar-refractivity contribution in [2.45, 2.75) is 20.8 Å². The number of carbonyl (C=O) groups excluding carboxylic acids is 1. The van der Waals surface area contributed by atoms with Crippen LogP contribution >= 0.6 is 0 Å². The number of anilines is 1. The van der Waals surface area contributed by atoms with Crippen LogP contribution in [0.5, 0.6) is 0 Å². The summed E-state index contributed by atoms with van der Waals surface area (Å²) in [6, 6.07) is 10.1. The number of carbonyl (C=O) groups is 1. The standard InChI is InChI=1S/C22H25N5O2/c1-5-12-23-22-25-15(4)18-10-11-19(28)27(20(18)26-22)17-8-6-16(7-9-17)21(29)24-13-14(2)3/h5-11,14H,1,12-13H2,2-4H3,(H,24,29)(H,23,25,26). The Bertz CT molecular complexity index is 1100. The van der Waals surface area contributed by atoms with E-state index in [0.717, 1.165) is 11.1 Å². The molecule has 0 aliphatic carbocycles. The van der Waals surface area contributed by atoms with Gasteiger partial charge in [-0.25, -0.2) is 4.98 Å². The molecule has 7 heteroatoms. The fraction of sp³-hybridized carbons (Fsp3) is 0.273. The Balaban J connectivity index is 2.03. The number of hydrogen-bond acceptors (Lipinski definition) is 5. The highest BCUT2D eigenvalue weighted by atomic mass is 16.1. The quantitative estimate of drug-likeness (QED) is 0.604. The Morgan fingerprint density at radius 2 is 1.90 bits per heavy atom. The summed E-state index contributed by atoms with van der Waals surface area (Å²) in [5.74, 6) is 0.669. The number of nitrogens with zero attached hydrogens (tertiary/aromatic N) is 3. The molecule has 2 aromatic heterocycles. The third-order valence-electron chi connectivity index (χ3n) is 4.40. The minimum atomic E-state index is -0.206. The molecule has 0 bridgehead atoms. The minimum Gasteiger partial charge on any atom is -0.352 e. The molecule has 3 aromatic rings. The highest BCUT2D eigenvalue weighted by Crippen LogP contribution is 2.19. The average molecular weight is 391 g/mol. The molecule has 0 spiro atoms. The Kier molecular flexibility index (Phi) is 6.07. The summed E-state index contributed by atoms with van der Waals surface area (Å²) >= 11 is 0. The zero-order chi connectivity index (χ0) is 21.0. The van der Waals surface area contributed by atoms with Crippen LogP contribution in [-0.2, 0) is 0 Å². The van der Waals surface area contributed by atoms with Gasteiger partial charge >= 0.3 is 0 Å². The van der Waals surface area contributed by atoms with E-state index in [9.17, 15) is 9.59 Å². The maximum Gasteiger partial charge on any atom is 0.256 e. The minimum absolute atomic E-state index is 0.135. The third-order valence-corrected chi connectivity index (χ3v) is 4.40. The lowest BCUT2D eigenvalue weighted by atomic mass is 10.1. The molecule has 0 saturated carbocycles. The number of aryl methyl sites for hydroxylation is 1. The van der Waals surface area contributed by atoms with E-state index in [2.05, 4.69) is 27.2 Å². The molecule has 29 heavy (non-hydrogen) atoms. The molecule has 0 fully saturated rings. The Labute approximate surface area is 169 Å². The topological polar surface area (TPSA) is 88.9 Å². The monoisotopic (exact) mass is 391 g/mol. The van der Waals surface area contributed by atoms with Crippen molar-refractivity contribution in [3.63, 3.8) is 0 Å². The van der Waals surface area contributed by atoms with Gasteiger partial charge in [-0.3, -0.25) is 14.2 Å². The van der Waals surface area contributed by atoms with E-state index in [1.165, 1.54) is 10.6 Å². The predicted octanol–water partition coefficient (Wildman–Crippen LogP) is 3.07. The summed E-state index contributed by atoms with van der Waals surface area (Å²) in [4.78, 5) is 33.9. The summed E-state index contributed by atoms with van der Waals surface area (Å²) in [7, 11) is 0. The number of pyridine rings is 1. The van der Waals surface area contributed by atoms with Gasteiger partial charge in [0.1, 0.15) is 0 Å². The lowest BCUT2D eigenvalue weighted by Crippen LogP contribution is -2.27. The first-order valence-electron chi connectivity index (χ1n) is 9.54. The van der Waals surface area contributed by atoms with Crippen molar-refractivity contribution >= 4 is 22.9 Å². The second-order valence-electron chi connectivity index (χ2n) is 7.20. The zero-order valence-electron chi connectivity index (χ0n) is 16.9. The summed E-state index contributed by atoms with van der Waals surface area (Å²) in [6.07, 6.45) is 1.71. The van der Waals surface area contributed by atoms with Crippen molar-refractivity contribution in [3.8, 4) is 5.69 Å². The molecule has 0 unspecified atom stereocenters. The molecule has 2 N–H and O–H groups in total. The zero-order valence-corrected chi connectivity index (χ0v) is 16.9. The average Bonchev–Trinajstić information content (AvgIpc) is 2.70. The van der Waals surface area contributed by atoms with E-state index in [0.29, 0.717) is 41.9 Å². The van der Waals surface area contributed by atoms with Crippen LogP contribution in [0.3, 0.4) is 0 Å². The van der Waals surface area contributed by atoms with E-state index >= 15 is 0 Å². The van der Waals surface area contributed by atoms with Crippen molar-refractivity contribution in [2.75, 3.05) is 18.4 Å². The lowest BCUT2D eigenvalue weighted by molar-refractivity contribution is 0.0949. The molecular weight excluding hydrogens is 366 g/mol. The molecule has 2 heterocycles. The fourth-order valence-electron chi connectivity index (χ4n) is 2.92. The van der Waals surface area contributed by atoms with Crippen LogP contribution in [0.15, 0.2) is 53.8 Å². The SMILES string of the molecule is C=CCNc1nc(C)c2ccc(=O)n(-c3ccc(C(=O)NCC(C)C)cc3)c2n1. The van der Waals surface area contributed by atoms with Gasteiger partial charge in [0.2, 0.25) is 5.95 Å². The van der Waals surface area contributed by atoms with E-state index in [1.54, 1.807) is 36.4 Å². The van der Waals surface area contributed by atoms with Gasteiger partial charge in [0.05, 0.1) is 11.4 Å². The number of nitrogens with one attached hydrogen (secondary N) is 2. The Morgan fingerprint density at radius 1 is 1.17 bits per heavy atom. The molecule has 0 saturated heterocycles. The number of amides is 1. The van der Waals surface area contributed by atoms with Gasteiger partial charge in [0.25, 0.3) is 11.5 Å². The van der Waals surface area contributed by atoms with E-state index in [-0.39, 0.29) is 11.5 Å². The normalized spacial score (nSPS) is 10.9. The van der Waals surface area contributed by atoms with Crippen LogP contribution in [0.2, 0.25) is 0 Å². The van der Waals surface area contributed by atoms with Gasteiger partial charge in [-0.05, 0) is 43.2 Å². The second-order valence-corrected chi connectivity index (χ2v) is 7.20. The highest BCUT2D eigenvalue weighted by Gasteiger charge is 2.12. The predicted molar refractivity (Wildman–Crippen MR) is 116 cm³/mol. The largest absolute Gasteiger partial charge is 0.352 e. The van der Waals surface area contributed by atoms with Crippen molar-refractivity contribution in [3.05, 3.63) is 70.7 Å². The molecule has 0 aliphatic heterocycles. The van der Waals surface area contributed by atoms with Crippen LogP contribution in [0.25, 0.3) is 16.7 Å². The lowest BCUT2D eigenvalue weighted by Gasteiger charge is -2.13. The van der Waals surface area contributed by atoms with Crippen molar-refractivity contribution < 1.29 is 4.79 Å². The number of aromatic nitrogens is 3. The first kappa shape index (κ1) is 20.3. The molecule has 0 radical (unpaired) electrons. The molecule has 150 valence electrons. The number of benzene rings is 1. The van der Waals surface area contributed by atoms with E-state index in [4.69, 9.17) is 0 Å². The second kappa shape index (κ2) is 8.68. The van der Waals surface area contributed by atoms with Gasteiger partial charge in [0, 0.05) is 30.1 Å². The summed E-state index contributed by atoms with van der Waals surface area (Å²) in [5.41, 5.74) is 2.24. The van der Waals surface area contributed by atoms with Gasteiger partial charge in [-0.1, -0.05) is 19.9 Å². The molecule has 1 amide bonds. The molecule has 7 nitrogen and oxygen atoms in total. The highest BCUT2D eigenvalue weighted by molar-refractivity contribution is 5.94. The third kappa shape index (κ3) is 4.51.